The molecule has 1 fully saturated rings. The molecule has 0 radical (unpaired) electrons. The molecule has 0 aliphatic carbocycles. The number of hydrogen-bond donors (Lipinski definition) is 2. The average Bonchev–Trinajstić information content (AvgIpc) is 2.37. The first kappa shape index (κ1) is 15.0. The van der Waals surface area contributed by atoms with Crippen LogP contribution in [0.4, 0.5) is 5.69 Å². The van der Waals surface area contributed by atoms with Crippen molar-refractivity contribution in [3.8, 4) is 0 Å². The lowest BCUT2D eigenvalue weighted by molar-refractivity contribution is 0.476. The van der Waals surface area contributed by atoms with Crippen LogP contribution in [0, 0.1) is 5.92 Å². The van der Waals surface area contributed by atoms with Crippen LogP contribution in [0.1, 0.15) is 12.8 Å². The Morgan fingerprint density at radius 1 is 1.37 bits per heavy atom. The zero-order valence-corrected chi connectivity index (χ0v) is 12.8. The van der Waals surface area contributed by atoms with E-state index in [4.69, 9.17) is 17.3 Å². The van der Waals surface area contributed by atoms with Crippen molar-refractivity contribution < 1.29 is 8.42 Å². The summed E-state index contributed by atoms with van der Waals surface area (Å²) in [5.41, 5.74) is 6.01. The number of halogens is 1. The van der Waals surface area contributed by atoms with Gasteiger partial charge in [-0.3, -0.25) is 0 Å². The maximum atomic E-state index is 12.2. The lowest BCUT2D eigenvalue weighted by atomic mass is 10.0. The van der Waals surface area contributed by atoms with Crippen LogP contribution in [-0.2, 0) is 10.0 Å². The van der Waals surface area contributed by atoms with Gasteiger partial charge in [0.15, 0.2) is 0 Å². The van der Waals surface area contributed by atoms with Gasteiger partial charge in [-0.15, -0.1) is 0 Å². The van der Waals surface area contributed by atoms with E-state index in [1.165, 1.54) is 18.2 Å². The minimum absolute atomic E-state index is 0.0913. The van der Waals surface area contributed by atoms with Crippen LogP contribution in [0.2, 0.25) is 5.02 Å². The van der Waals surface area contributed by atoms with Gasteiger partial charge in [0, 0.05) is 12.2 Å². The van der Waals surface area contributed by atoms with Gasteiger partial charge in [0.05, 0.1) is 5.02 Å². The molecular formula is C12H17ClN2O2S2. The SMILES string of the molecule is Nc1ccc(S(=O)(=O)NCC2CCSCC2)c(Cl)c1. The molecule has 1 aromatic rings. The molecule has 1 aliphatic heterocycles. The standard InChI is InChI=1S/C12H17ClN2O2S2/c13-11-7-10(14)1-2-12(11)19(16,17)15-8-9-3-5-18-6-4-9/h1-2,7,9,15H,3-6,8,14H2. The molecule has 0 aromatic heterocycles. The third-order valence-electron chi connectivity index (χ3n) is 3.15. The highest BCUT2D eigenvalue weighted by Gasteiger charge is 2.21. The van der Waals surface area contributed by atoms with Crippen LogP contribution in [0.5, 0.6) is 0 Å². The fourth-order valence-corrected chi connectivity index (χ4v) is 4.86. The van der Waals surface area contributed by atoms with Gasteiger partial charge in [0.2, 0.25) is 10.0 Å². The van der Waals surface area contributed by atoms with Crippen molar-refractivity contribution in [2.75, 3.05) is 23.8 Å². The summed E-state index contributed by atoms with van der Waals surface area (Å²) in [5, 5.41) is 0.159. The predicted octanol–water partition coefficient (Wildman–Crippen LogP) is 2.34. The van der Waals surface area contributed by atoms with Crippen molar-refractivity contribution in [3.05, 3.63) is 23.2 Å². The molecule has 1 aromatic carbocycles. The maximum Gasteiger partial charge on any atom is 0.242 e. The summed E-state index contributed by atoms with van der Waals surface area (Å²) >= 11 is 7.85. The number of anilines is 1. The first-order valence-electron chi connectivity index (χ1n) is 6.11. The van der Waals surface area contributed by atoms with Gasteiger partial charge in [-0.25, -0.2) is 13.1 Å². The van der Waals surface area contributed by atoms with Crippen molar-refractivity contribution in [2.24, 2.45) is 5.92 Å². The molecule has 1 aliphatic rings. The third-order valence-corrected chi connectivity index (χ3v) is 6.10. The molecule has 0 amide bonds. The van der Waals surface area contributed by atoms with Crippen molar-refractivity contribution in [1.82, 2.24) is 4.72 Å². The molecule has 1 heterocycles. The number of hydrogen-bond acceptors (Lipinski definition) is 4. The molecule has 2 rings (SSSR count). The monoisotopic (exact) mass is 320 g/mol. The number of sulfonamides is 1. The minimum Gasteiger partial charge on any atom is -0.399 e. The van der Waals surface area contributed by atoms with Gasteiger partial charge in [-0.1, -0.05) is 11.6 Å². The molecule has 0 atom stereocenters. The highest BCUT2D eigenvalue weighted by atomic mass is 35.5. The molecule has 0 unspecified atom stereocenters. The molecular weight excluding hydrogens is 304 g/mol. The van der Waals surface area contributed by atoms with E-state index in [0.717, 1.165) is 24.3 Å². The van der Waals surface area contributed by atoms with Crippen LogP contribution >= 0.6 is 23.4 Å². The Morgan fingerprint density at radius 2 is 2.05 bits per heavy atom. The van der Waals surface area contributed by atoms with E-state index in [-0.39, 0.29) is 9.92 Å². The Kier molecular flexibility index (Phi) is 5.00. The van der Waals surface area contributed by atoms with Gasteiger partial charge in [-0.2, -0.15) is 11.8 Å². The number of thioether (sulfide) groups is 1. The number of nitrogens with one attached hydrogen (secondary N) is 1. The normalized spacial score (nSPS) is 17.5. The van der Waals surface area contributed by atoms with Gasteiger partial charge < -0.3 is 5.73 Å². The van der Waals surface area contributed by atoms with Crippen LogP contribution < -0.4 is 10.5 Å². The van der Waals surface area contributed by atoms with E-state index in [1.54, 1.807) is 0 Å². The number of rotatable bonds is 4. The van der Waals surface area contributed by atoms with Crippen LogP contribution in [-0.4, -0.2) is 26.5 Å². The Morgan fingerprint density at radius 3 is 2.68 bits per heavy atom. The van der Waals surface area contributed by atoms with Gasteiger partial charge >= 0.3 is 0 Å². The minimum atomic E-state index is -3.55. The predicted molar refractivity (Wildman–Crippen MR) is 81.1 cm³/mol. The Bertz CT molecular complexity index is 543. The van der Waals surface area contributed by atoms with E-state index >= 15 is 0 Å². The fraction of sp³-hybridized carbons (Fsp3) is 0.500. The summed E-state index contributed by atoms with van der Waals surface area (Å²) in [7, 11) is -3.55. The van der Waals surface area contributed by atoms with Crippen LogP contribution in [0.15, 0.2) is 23.1 Å². The van der Waals surface area contributed by atoms with Crippen molar-refractivity contribution >= 4 is 39.1 Å². The molecule has 7 heteroatoms. The quantitative estimate of drug-likeness (QED) is 0.835. The molecule has 0 saturated carbocycles. The molecule has 1 saturated heterocycles. The topological polar surface area (TPSA) is 72.2 Å². The fourth-order valence-electron chi connectivity index (χ4n) is 1.99. The maximum absolute atomic E-state index is 12.2. The smallest absolute Gasteiger partial charge is 0.242 e. The van der Waals surface area contributed by atoms with Gasteiger partial charge in [0.25, 0.3) is 0 Å². The summed E-state index contributed by atoms with van der Waals surface area (Å²) in [6.07, 6.45) is 2.12. The summed E-state index contributed by atoms with van der Waals surface area (Å²) < 4.78 is 27.0. The zero-order valence-electron chi connectivity index (χ0n) is 10.4. The highest BCUT2D eigenvalue weighted by Crippen LogP contribution is 2.25. The molecule has 0 spiro atoms. The second-order valence-corrected chi connectivity index (χ2v) is 7.96. The molecule has 3 N–H and O–H groups in total. The van der Waals surface area contributed by atoms with Crippen molar-refractivity contribution in [3.63, 3.8) is 0 Å². The number of benzene rings is 1. The molecule has 19 heavy (non-hydrogen) atoms. The first-order chi connectivity index (χ1) is 8.99. The Balaban J connectivity index is 2.05. The molecule has 4 nitrogen and oxygen atoms in total. The third kappa shape index (κ3) is 4.02. The lowest BCUT2D eigenvalue weighted by Gasteiger charge is -2.21. The first-order valence-corrected chi connectivity index (χ1v) is 9.13. The van der Waals surface area contributed by atoms with E-state index in [1.807, 2.05) is 11.8 Å². The summed E-state index contributed by atoms with van der Waals surface area (Å²) in [5.74, 6) is 2.63. The second-order valence-electron chi connectivity index (χ2n) is 4.60. The van der Waals surface area contributed by atoms with Gasteiger partial charge in [0.1, 0.15) is 4.90 Å². The summed E-state index contributed by atoms with van der Waals surface area (Å²) in [4.78, 5) is 0.0913. The largest absolute Gasteiger partial charge is 0.399 e. The summed E-state index contributed by atoms with van der Waals surface area (Å²) in [6, 6.07) is 4.43. The number of nitrogen functional groups attached to an aromatic ring is 1. The average molecular weight is 321 g/mol. The summed E-state index contributed by atoms with van der Waals surface area (Å²) in [6.45, 7) is 0.476. The highest BCUT2D eigenvalue weighted by molar-refractivity contribution is 7.99. The van der Waals surface area contributed by atoms with E-state index in [0.29, 0.717) is 18.2 Å². The number of nitrogens with two attached hydrogens (primary N) is 1. The van der Waals surface area contributed by atoms with Crippen LogP contribution in [0.25, 0.3) is 0 Å². The van der Waals surface area contributed by atoms with Crippen LogP contribution in [0.3, 0.4) is 0 Å². The zero-order chi connectivity index (χ0) is 13.9. The van der Waals surface area contributed by atoms with Gasteiger partial charge in [-0.05, 0) is 48.5 Å². The van der Waals surface area contributed by atoms with E-state index < -0.39 is 10.0 Å². The lowest BCUT2D eigenvalue weighted by Crippen LogP contribution is -2.31. The molecule has 0 bridgehead atoms. The van der Waals surface area contributed by atoms with Crippen molar-refractivity contribution in [1.29, 1.82) is 0 Å². The second kappa shape index (κ2) is 6.35. The van der Waals surface area contributed by atoms with Crippen molar-refractivity contribution in [2.45, 2.75) is 17.7 Å². The molecule has 106 valence electrons. The Hall–Kier alpha value is -0.430. The Labute approximate surface area is 123 Å². The van der Waals surface area contributed by atoms with E-state index in [2.05, 4.69) is 4.72 Å². The van der Waals surface area contributed by atoms with E-state index in [9.17, 15) is 8.42 Å².